The van der Waals surface area contributed by atoms with Gasteiger partial charge in [-0.05, 0) is 18.6 Å². The van der Waals surface area contributed by atoms with Crippen LogP contribution in [0.15, 0.2) is 46.3 Å². The second-order valence-electron chi connectivity index (χ2n) is 4.89. The molecule has 1 N–H and O–H groups in total. The molecular formula is C15H17N3O4S. The zero-order valence-electron chi connectivity index (χ0n) is 12.8. The first-order valence-corrected chi connectivity index (χ1v) is 8.30. The molecule has 8 heteroatoms. The third kappa shape index (κ3) is 5.04. The van der Waals surface area contributed by atoms with Gasteiger partial charge in [-0.3, -0.25) is 4.79 Å². The molecule has 1 amide bonds. The van der Waals surface area contributed by atoms with Crippen LogP contribution in [0.5, 0.6) is 0 Å². The summed E-state index contributed by atoms with van der Waals surface area (Å²) in [5.74, 6) is 0.294. The average molecular weight is 335 g/mol. The van der Waals surface area contributed by atoms with E-state index in [1.807, 2.05) is 18.2 Å². The molecule has 0 spiro atoms. The molecule has 0 bridgehead atoms. The Kier molecular flexibility index (Phi) is 5.30. The number of nitrogens with one attached hydrogen (secondary N) is 1. The van der Waals surface area contributed by atoms with Crippen molar-refractivity contribution in [1.29, 1.82) is 0 Å². The molecule has 1 aromatic heterocycles. The maximum absolute atomic E-state index is 12.1. The highest BCUT2D eigenvalue weighted by Crippen LogP contribution is 2.09. The van der Waals surface area contributed by atoms with Gasteiger partial charge in [-0.1, -0.05) is 35.5 Å². The smallest absolute Gasteiger partial charge is 0.240 e. The van der Waals surface area contributed by atoms with Crippen LogP contribution < -0.4 is 5.32 Å². The minimum Gasteiger partial charge on any atom is -0.360 e. The topological polar surface area (TPSA) is 92.5 Å². The normalized spacial score (nSPS) is 12.0. The molecule has 0 atom stereocenters. The number of aryl methyl sites for hydroxylation is 1. The summed E-state index contributed by atoms with van der Waals surface area (Å²) in [7, 11) is -2.36. The summed E-state index contributed by atoms with van der Waals surface area (Å²) in [5, 5.41) is 7.14. The second-order valence-corrected chi connectivity index (χ2v) is 6.81. The highest BCUT2D eigenvalue weighted by atomic mass is 32.2. The second kappa shape index (κ2) is 7.21. The fourth-order valence-corrected chi connectivity index (χ4v) is 2.57. The van der Waals surface area contributed by atoms with E-state index >= 15 is 0 Å². The Labute approximate surface area is 134 Å². The lowest BCUT2D eigenvalue weighted by atomic mass is 10.2. The Hall–Kier alpha value is -2.45. The number of likely N-dealkylation sites (N-methyl/N-ethyl adjacent to an activating group) is 1. The molecule has 7 nitrogen and oxygen atoms in total. The van der Waals surface area contributed by atoms with Crippen LogP contribution >= 0.6 is 0 Å². The Morgan fingerprint density at radius 1 is 1.35 bits per heavy atom. The molecule has 23 heavy (non-hydrogen) atoms. The van der Waals surface area contributed by atoms with E-state index in [1.165, 1.54) is 13.1 Å². The minimum absolute atomic E-state index is 0.248. The van der Waals surface area contributed by atoms with Crippen LogP contribution in [-0.4, -0.2) is 37.4 Å². The number of rotatable bonds is 6. The maximum Gasteiger partial charge on any atom is 0.240 e. The summed E-state index contributed by atoms with van der Waals surface area (Å²) in [6, 6.07) is 10.6. The molecule has 2 aromatic rings. The third-order valence-electron chi connectivity index (χ3n) is 2.93. The third-order valence-corrected chi connectivity index (χ3v) is 4.41. The Balaban J connectivity index is 1.96. The van der Waals surface area contributed by atoms with Crippen molar-refractivity contribution in [2.75, 3.05) is 18.9 Å². The number of amides is 1. The molecule has 2 rings (SSSR count). The summed E-state index contributed by atoms with van der Waals surface area (Å²) in [5.41, 5.74) is 0.756. The molecule has 0 saturated heterocycles. The molecule has 0 aliphatic rings. The van der Waals surface area contributed by atoms with Gasteiger partial charge in [0, 0.05) is 18.5 Å². The lowest BCUT2D eigenvalue weighted by molar-refractivity contribution is -0.116. The predicted molar refractivity (Wildman–Crippen MR) is 86.9 cm³/mol. The van der Waals surface area contributed by atoms with Crippen molar-refractivity contribution in [3.8, 4) is 0 Å². The summed E-state index contributed by atoms with van der Waals surface area (Å²) in [4.78, 5) is 11.8. The standard InChI is InChI=1S/C15H17N3O4S/c1-12-10-14(17-22-12)16-15(19)11-18(2)23(20,21)9-8-13-6-4-3-5-7-13/h3-10H,11H2,1-2H3,(H,16,17,19). The number of sulfonamides is 1. The molecule has 0 unspecified atom stereocenters. The Bertz CT molecular complexity index is 797. The van der Waals surface area contributed by atoms with E-state index in [1.54, 1.807) is 25.1 Å². The molecular weight excluding hydrogens is 318 g/mol. The van der Waals surface area contributed by atoms with Crippen molar-refractivity contribution in [3.05, 3.63) is 53.1 Å². The van der Waals surface area contributed by atoms with Crippen molar-refractivity contribution in [3.63, 3.8) is 0 Å². The number of benzene rings is 1. The van der Waals surface area contributed by atoms with Crippen LogP contribution in [0, 0.1) is 6.92 Å². The molecule has 0 aliphatic heterocycles. The minimum atomic E-state index is -3.69. The van der Waals surface area contributed by atoms with E-state index in [-0.39, 0.29) is 12.4 Å². The van der Waals surface area contributed by atoms with Crippen LogP contribution in [0.1, 0.15) is 11.3 Å². The zero-order chi connectivity index (χ0) is 16.9. The fourth-order valence-electron chi connectivity index (χ4n) is 1.73. The first kappa shape index (κ1) is 16.9. The zero-order valence-corrected chi connectivity index (χ0v) is 13.6. The van der Waals surface area contributed by atoms with Gasteiger partial charge < -0.3 is 9.84 Å². The molecule has 1 heterocycles. The van der Waals surface area contributed by atoms with Crippen LogP contribution in [0.25, 0.3) is 6.08 Å². The number of aromatic nitrogens is 1. The Morgan fingerprint density at radius 2 is 2.04 bits per heavy atom. The number of nitrogens with zero attached hydrogens (tertiary/aromatic N) is 2. The quantitative estimate of drug-likeness (QED) is 0.870. The number of hydrogen-bond acceptors (Lipinski definition) is 5. The summed E-state index contributed by atoms with van der Waals surface area (Å²) < 4.78 is 30.0. The van der Waals surface area contributed by atoms with E-state index in [2.05, 4.69) is 10.5 Å². The number of carbonyl (C=O) groups is 1. The number of hydrogen-bond donors (Lipinski definition) is 1. The largest absolute Gasteiger partial charge is 0.360 e. The predicted octanol–water partition coefficient (Wildman–Crippen LogP) is 1.85. The van der Waals surface area contributed by atoms with Crippen molar-refractivity contribution in [2.24, 2.45) is 0 Å². The first-order chi connectivity index (χ1) is 10.9. The lowest BCUT2D eigenvalue weighted by Crippen LogP contribution is -2.33. The van der Waals surface area contributed by atoms with E-state index in [0.717, 1.165) is 15.3 Å². The van der Waals surface area contributed by atoms with Gasteiger partial charge >= 0.3 is 0 Å². The highest BCUT2D eigenvalue weighted by Gasteiger charge is 2.18. The average Bonchev–Trinajstić information content (AvgIpc) is 2.91. The van der Waals surface area contributed by atoms with Gasteiger partial charge in [0.2, 0.25) is 15.9 Å². The number of carbonyl (C=O) groups excluding carboxylic acids is 1. The van der Waals surface area contributed by atoms with Crippen molar-refractivity contribution < 1.29 is 17.7 Å². The summed E-state index contributed by atoms with van der Waals surface area (Å²) >= 11 is 0. The van der Waals surface area contributed by atoms with Crippen molar-refractivity contribution in [1.82, 2.24) is 9.46 Å². The highest BCUT2D eigenvalue weighted by molar-refractivity contribution is 7.92. The fraction of sp³-hybridized carbons (Fsp3) is 0.200. The van der Waals surface area contributed by atoms with E-state index in [0.29, 0.717) is 5.76 Å². The van der Waals surface area contributed by atoms with Crippen LogP contribution in [-0.2, 0) is 14.8 Å². The molecule has 1 aromatic carbocycles. The van der Waals surface area contributed by atoms with Crippen LogP contribution in [0.3, 0.4) is 0 Å². The van der Waals surface area contributed by atoms with Crippen LogP contribution in [0.4, 0.5) is 5.82 Å². The van der Waals surface area contributed by atoms with Crippen LogP contribution in [0.2, 0.25) is 0 Å². The molecule has 0 saturated carbocycles. The summed E-state index contributed by atoms with van der Waals surface area (Å²) in [6.07, 6.45) is 1.48. The van der Waals surface area contributed by atoms with Gasteiger partial charge in [0.1, 0.15) is 5.76 Å². The van der Waals surface area contributed by atoms with Gasteiger partial charge in [0.05, 0.1) is 6.54 Å². The van der Waals surface area contributed by atoms with Crippen molar-refractivity contribution >= 4 is 27.8 Å². The lowest BCUT2D eigenvalue weighted by Gasteiger charge is -2.13. The monoisotopic (exact) mass is 335 g/mol. The maximum atomic E-state index is 12.1. The van der Waals surface area contributed by atoms with Gasteiger partial charge in [-0.15, -0.1) is 0 Å². The first-order valence-electron chi connectivity index (χ1n) is 6.79. The van der Waals surface area contributed by atoms with E-state index in [9.17, 15) is 13.2 Å². The van der Waals surface area contributed by atoms with Crippen molar-refractivity contribution in [2.45, 2.75) is 6.92 Å². The molecule has 0 aliphatic carbocycles. The van der Waals surface area contributed by atoms with Gasteiger partial charge in [-0.2, -0.15) is 4.31 Å². The summed E-state index contributed by atoms with van der Waals surface area (Å²) in [6.45, 7) is 1.36. The Morgan fingerprint density at radius 3 is 2.65 bits per heavy atom. The molecule has 122 valence electrons. The van der Waals surface area contributed by atoms with Gasteiger partial charge in [-0.25, -0.2) is 8.42 Å². The van der Waals surface area contributed by atoms with Gasteiger partial charge in [0.15, 0.2) is 5.82 Å². The number of anilines is 1. The molecule has 0 fully saturated rings. The molecule has 0 radical (unpaired) electrons. The van der Waals surface area contributed by atoms with E-state index in [4.69, 9.17) is 4.52 Å². The van der Waals surface area contributed by atoms with Gasteiger partial charge in [0.25, 0.3) is 0 Å². The SMILES string of the molecule is Cc1cc(NC(=O)CN(C)S(=O)(=O)C=Cc2ccccc2)no1. The van der Waals surface area contributed by atoms with E-state index < -0.39 is 15.9 Å².